The van der Waals surface area contributed by atoms with Gasteiger partial charge < -0.3 is 14.6 Å². The minimum atomic E-state index is -0.873. The van der Waals surface area contributed by atoms with Crippen molar-refractivity contribution in [3.63, 3.8) is 0 Å². The molecule has 0 spiro atoms. The summed E-state index contributed by atoms with van der Waals surface area (Å²) in [5.41, 5.74) is 4.95. The van der Waals surface area contributed by atoms with Crippen LogP contribution in [0.5, 0.6) is 0 Å². The minimum Gasteiger partial charge on any atom is -0.423 e. The molecule has 5 nitrogen and oxygen atoms in total. The number of fused-ring (bicyclic) bond motifs is 2. The zero-order valence-corrected chi connectivity index (χ0v) is 13.0. The lowest BCUT2D eigenvalue weighted by molar-refractivity contribution is 0.0727. The molecule has 4 rings (SSSR count). The summed E-state index contributed by atoms with van der Waals surface area (Å²) in [7, 11) is -0.873. The zero-order chi connectivity index (χ0) is 16.7. The molecule has 0 saturated heterocycles. The smallest absolute Gasteiger partial charge is 0.423 e. The summed E-state index contributed by atoms with van der Waals surface area (Å²) in [4.78, 5) is 14.5. The number of benzene rings is 2. The number of nitrogens with zero attached hydrogens (tertiary/aromatic N) is 2. The van der Waals surface area contributed by atoms with Gasteiger partial charge in [0, 0.05) is 18.7 Å². The molecule has 118 valence electrons. The summed E-state index contributed by atoms with van der Waals surface area (Å²) in [6.07, 6.45) is 0.743. The molecule has 0 radical (unpaired) electrons. The van der Waals surface area contributed by atoms with Gasteiger partial charge in [-0.15, -0.1) is 0 Å². The van der Waals surface area contributed by atoms with Crippen LogP contribution in [0.25, 0.3) is 0 Å². The molecule has 0 atom stereocenters. The Morgan fingerprint density at radius 1 is 1.25 bits per heavy atom. The fourth-order valence-corrected chi connectivity index (χ4v) is 3.34. The summed E-state index contributed by atoms with van der Waals surface area (Å²) >= 11 is 0. The number of hydrogen-bond acceptors (Lipinski definition) is 4. The van der Waals surface area contributed by atoms with Gasteiger partial charge in [-0.25, -0.2) is 0 Å². The van der Waals surface area contributed by atoms with E-state index in [-0.39, 0.29) is 5.91 Å². The van der Waals surface area contributed by atoms with E-state index >= 15 is 0 Å². The SMILES string of the molecule is N#Cc1ccc2c(c1)CCN(Cc1ccc3c(c1)B(O)OC3)C2=O. The fraction of sp³-hybridized carbons (Fsp3) is 0.222. The van der Waals surface area contributed by atoms with Crippen LogP contribution in [-0.4, -0.2) is 29.5 Å². The van der Waals surface area contributed by atoms with Crippen molar-refractivity contribution in [2.75, 3.05) is 6.54 Å². The van der Waals surface area contributed by atoms with E-state index in [1.807, 2.05) is 18.2 Å². The standard InChI is InChI=1S/C18H15BN2O3/c20-9-12-2-4-16-14(7-12)5-6-21(18(16)22)10-13-1-3-15-11-24-19(23)17(15)8-13/h1-4,7-8,23H,5-6,10-11H2. The molecular formula is C18H15BN2O3. The Labute approximate surface area is 140 Å². The van der Waals surface area contributed by atoms with E-state index in [2.05, 4.69) is 6.07 Å². The Morgan fingerprint density at radius 3 is 2.96 bits per heavy atom. The second-order valence-electron chi connectivity index (χ2n) is 6.16. The maximum atomic E-state index is 12.7. The molecule has 24 heavy (non-hydrogen) atoms. The quantitative estimate of drug-likeness (QED) is 0.838. The Kier molecular flexibility index (Phi) is 3.60. The highest BCUT2D eigenvalue weighted by Crippen LogP contribution is 2.22. The predicted octanol–water partition coefficient (Wildman–Crippen LogP) is 0.974. The van der Waals surface area contributed by atoms with Crippen molar-refractivity contribution in [3.8, 4) is 6.07 Å². The molecule has 0 aliphatic carbocycles. The number of hydrogen-bond donors (Lipinski definition) is 1. The van der Waals surface area contributed by atoms with E-state index < -0.39 is 7.12 Å². The van der Waals surface area contributed by atoms with Gasteiger partial charge in [-0.3, -0.25) is 4.79 Å². The molecule has 0 unspecified atom stereocenters. The Bertz CT molecular complexity index is 875. The first-order chi connectivity index (χ1) is 11.7. The van der Waals surface area contributed by atoms with Crippen LogP contribution in [0.15, 0.2) is 36.4 Å². The monoisotopic (exact) mass is 318 g/mol. The van der Waals surface area contributed by atoms with Gasteiger partial charge in [-0.05, 0) is 46.8 Å². The van der Waals surface area contributed by atoms with E-state index in [0.29, 0.717) is 30.8 Å². The largest absolute Gasteiger partial charge is 0.491 e. The maximum absolute atomic E-state index is 12.7. The first-order valence-electron chi connectivity index (χ1n) is 7.89. The number of rotatable bonds is 2. The van der Waals surface area contributed by atoms with Crippen LogP contribution in [0.2, 0.25) is 0 Å². The van der Waals surface area contributed by atoms with Crippen molar-refractivity contribution in [1.29, 1.82) is 5.26 Å². The highest BCUT2D eigenvalue weighted by atomic mass is 16.5. The molecule has 0 fully saturated rings. The lowest BCUT2D eigenvalue weighted by Crippen LogP contribution is -2.37. The molecule has 2 aromatic rings. The van der Waals surface area contributed by atoms with Crippen LogP contribution >= 0.6 is 0 Å². The van der Waals surface area contributed by atoms with E-state index in [9.17, 15) is 9.82 Å². The average molecular weight is 318 g/mol. The van der Waals surface area contributed by atoms with E-state index in [4.69, 9.17) is 9.92 Å². The Balaban J connectivity index is 1.57. The van der Waals surface area contributed by atoms with Crippen molar-refractivity contribution in [3.05, 3.63) is 64.2 Å². The summed E-state index contributed by atoms with van der Waals surface area (Å²) in [6, 6.07) is 13.2. The third-order valence-corrected chi connectivity index (χ3v) is 4.65. The molecule has 2 aliphatic heterocycles. The maximum Gasteiger partial charge on any atom is 0.491 e. The average Bonchev–Trinajstić information content (AvgIpc) is 2.98. The van der Waals surface area contributed by atoms with Gasteiger partial charge in [0.25, 0.3) is 5.91 Å². The molecular weight excluding hydrogens is 303 g/mol. The second-order valence-corrected chi connectivity index (χ2v) is 6.16. The lowest BCUT2D eigenvalue weighted by Gasteiger charge is -2.29. The van der Waals surface area contributed by atoms with Gasteiger partial charge in [-0.1, -0.05) is 18.2 Å². The minimum absolute atomic E-state index is 0.0157. The molecule has 2 heterocycles. The van der Waals surface area contributed by atoms with Crippen molar-refractivity contribution in [2.24, 2.45) is 0 Å². The van der Waals surface area contributed by atoms with Gasteiger partial charge in [0.2, 0.25) is 0 Å². The summed E-state index contributed by atoms with van der Waals surface area (Å²) in [5.74, 6) is -0.0157. The van der Waals surface area contributed by atoms with Gasteiger partial charge >= 0.3 is 7.12 Å². The Morgan fingerprint density at radius 2 is 2.12 bits per heavy atom. The molecule has 6 heteroatoms. The van der Waals surface area contributed by atoms with Gasteiger partial charge in [0.15, 0.2) is 0 Å². The third kappa shape index (κ3) is 2.48. The highest BCUT2D eigenvalue weighted by molar-refractivity contribution is 6.61. The van der Waals surface area contributed by atoms with Crippen LogP contribution in [-0.2, 0) is 24.2 Å². The molecule has 1 amide bonds. The second kappa shape index (κ2) is 5.79. The normalized spacial score (nSPS) is 15.9. The van der Waals surface area contributed by atoms with Gasteiger partial charge in [0.05, 0.1) is 18.2 Å². The van der Waals surface area contributed by atoms with Crippen molar-refractivity contribution in [2.45, 2.75) is 19.6 Å². The van der Waals surface area contributed by atoms with E-state index in [1.54, 1.807) is 23.1 Å². The number of nitriles is 1. The molecule has 0 saturated carbocycles. The van der Waals surface area contributed by atoms with Gasteiger partial charge in [-0.2, -0.15) is 5.26 Å². The van der Waals surface area contributed by atoms with Crippen LogP contribution in [0.1, 0.15) is 32.6 Å². The van der Waals surface area contributed by atoms with E-state index in [0.717, 1.165) is 28.6 Å². The first kappa shape index (κ1) is 14.9. The summed E-state index contributed by atoms with van der Waals surface area (Å²) in [5, 5.41) is 18.8. The molecule has 0 aromatic heterocycles. The van der Waals surface area contributed by atoms with Crippen molar-refractivity contribution >= 4 is 18.5 Å². The zero-order valence-electron chi connectivity index (χ0n) is 13.0. The summed E-state index contributed by atoms with van der Waals surface area (Å²) in [6.45, 7) is 1.54. The van der Waals surface area contributed by atoms with Crippen LogP contribution in [0.4, 0.5) is 0 Å². The van der Waals surface area contributed by atoms with Gasteiger partial charge in [0.1, 0.15) is 0 Å². The number of amides is 1. The molecule has 2 aromatic carbocycles. The predicted molar refractivity (Wildman–Crippen MR) is 88.4 cm³/mol. The number of carbonyl (C=O) groups is 1. The lowest BCUT2D eigenvalue weighted by atomic mass is 9.79. The van der Waals surface area contributed by atoms with Crippen LogP contribution < -0.4 is 5.46 Å². The van der Waals surface area contributed by atoms with Crippen molar-refractivity contribution in [1.82, 2.24) is 4.90 Å². The first-order valence-corrected chi connectivity index (χ1v) is 7.89. The molecule has 2 aliphatic rings. The van der Waals surface area contributed by atoms with Crippen LogP contribution in [0, 0.1) is 11.3 Å². The third-order valence-electron chi connectivity index (χ3n) is 4.65. The van der Waals surface area contributed by atoms with Crippen molar-refractivity contribution < 1.29 is 14.5 Å². The fourth-order valence-electron chi connectivity index (χ4n) is 3.34. The van der Waals surface area contributed by atoms with E-state index in [1.165, 1.54) is 0 Å². The van der Waals surface area contributed by atoms with Crippen LogP contribution in [0.3, 0.4) is 0 Å². The molecule has 1 N–H and O–H groups in total. The highest BCUT2D eigenvalue weighted by Gasteiger charge is 2.28. The summed E-state index contributed by atoms with van der Waals surface area (Å²) < 4.78 is 5.21. The Hall–Kier alpha value is -2.62. The molecule has 0 bridgehead atoms. The number of carbonyl (C=O) groups excluding carboxylic acids is 1. The topological polar surface area (TPSA) is 73.6 Å².